The molecule has 0 rings (SSSR count). The second kappa shape index (κ2) is 11.9. The third kappa shape index (κ3) is 8.89. The molecule has 0 spiro atoms. The van der Waals surface area contributed by atoms with Gasteiger partial charge in [-0.25, -0.2) is 0 Å². The molecule has 4 heteroatoms. The van der Waals surface area contributed by atoms with Crippen LogP contribution < -0.4 is 0 Å². The maximum Gasteiger partial charge on any atom is 0.229 e. The van der Waals surface area contributed by atoms with Crippen molar-refractivity contribution in [2.24, 2.45) is 5.92 Å². The zero-order valence-electron chi connectivity index (χ0n) is 14.6. The Balaban J connectivity index is 4.76. The summed E-state index contributed by atoms with van der Waals surface area (Å²) >= 11 is 18.9. The first-order valence-electron chi connectivity index (χ1n) is 8.68. The van der Waals surface area contributed by atoms with Gasteiger partial charge in [-0.05, 0) is 31.6 Å². The van der Waals surface area contributed by atoms with E-state index in [0.717, 1.165) is 25.7 Å². The highest BCUT2D eigenvalue weighted by Crippen LogP contribution is 2.47. The molecule has 1 nitrogen and oxygen atoms in total. The maximum absolute atomic E-state index is 6.31. The average Bonchev–Trinajstić information content (AvgIpc) is 2.40. The lowest BCUT2D eigenvalue weighted by molar-refractivity contribution is -0.00390. The highest BCUT2D eigenvalue weighted by molar-refractivity contribution is 6.68. The van der Waals surface area contributed by atoms with Crippen molar-refractivity contribution in [3.63, 3.8) is 0 Å². The fraction of sp³-hybridized carbons (Fsp3) is 0.889. The van der Waals surface area contributed by atoms with Gasteiger partial charge in [0.25, 0.3) is 0 Å². The third-order valence-corrected chi connectivity index (χ3v) is 4.85. The van der Waals surface area contributed by atoms with Crippen molar-refractivity contribution in [2.75, 3.05) is 0 Å². The first-order chi connectivity index (χ1) is 10.3. The highest BCUT2D eigenvalue weighted by Gasteiger charge is 2.49. The lowest BCUT2D eigenvalue weighted by Crippen LogP contribution is -2.45. The molecule has 0 saturated heterocycles. The number of alkyl halides is 3. The molecule has 0 aromatic rings. The van der Waals surface area contributed by atoms with Gasteiger partial charge in [0.05, 0.1) is 6.26 Å². The van der Waals surface area contributed by atoms with Crippen molar-refractivity contribution in [3.8, 4) is 0 Å². The number of ether oxygens (including phenoxy) is 1. The molecule has 0 aromatic carbocycles. The summed E-state index contributed by atoms with van der Waals surface area (Å²) in [4.78, 5) is 0. The van der Waals surface area contributed by atoms with Crippen molar-refractivity contribution >= 4 is 34.8 Å². The minimum Gasteiger partial charge on any atom is -0.491 e. The van der Waals surface area contributed by atoms with Crippen molar-refractivity contribution in [2.45, 2.75) is 94.9 Å². The van der Waals surface area contributed by atoms with Gasteiger partial charge in [0.2, 0.25) is 3.79 Å². The number of hydrogen-bond acceptors (Lipinski definition) is 1. The van der Waals surface area contributed by atoms with Gasteiger partial charge in [0.15, 0.2) is 5.60 Å². The van der Waals surface area contributed by atoms with Gasteiger partial charge in [-0.2, -0.15) is 0 Å². The molecule has 22 heavy (non-hydrogen) atoms. The molecule has 0 bridgehead atoms. The largest absolute Gasteiger partial charge is 0.491 e. The third-order valence-electron chi connectivity index (χ3n) is 3.81. The quantitative estimate of drug-likeness (QED) is 0.193. The van der Waals surface area contributed by atoms with Gasteiger partial charge in [-0.15, -0.1) is 0 Å². The van der Waals surface area contributed by atoms with Crippen molar-refractivity contribution in [1.29, 1.82) is 0 Å². The van der Waals surface area contributed by atoms with Crippen LogP contribution in [0.2, 0.25) is 0 Å². The second-order valence-electron chi connectivity index (χ2n) is 6.51. The summed E-state index contributed by atoms with van der Waals surface area (Å²) in [6.07, 6.45) is 13.4. The molecule has 0 amide bonds. The number of rotatable bonds is 12. The smallest absolute Gasteiger partial charge is 0.229 e. The van der Waals surface area contributed by atoms with Crippen LogP contribution >= 0.6 is 34.8 Å². The zero-order valence-corrected chi connectivity index (χ0v) is 16.9. The van der Waals surface area contributed by atoms with E-state index in [1.165, 1.54) is 32.1 Å². The maximum atomic E-state index is 6.31. The van der Waals surface area contributed by atoms with Crippen LogP contribution in [0.3, 0.4) is 0 Å². The van der Waals surface area contributed by atoms with Crippen molar-refractivity contribution in [1.82, 2.24) is 0 Å². The van der Waals surface area contributed by atoms with Gasteiger partial charge < -0.3 is 4.74 Å². The summed E-state index contributed by atoms with van der Waals surface area (Å²) in [7, 11) is 0. The van der Waals surface area contributed by atoms with Crippen molar-refractivity contribution < 1.29 is 4.74 Å². The number of unbranched alkanes of at least 4 members (excludes halogenated alkanes) is 5. The number of allylic oxidation sites excluding steroid dienone is 1. The Bertz CT molecular complexity index is 297. The molecule has 0 aliphatic heterocycles. The SMILES string of the molecule is CCC=COC(CCCCCCCC)(CC(C)C)C(Cl)(Cl)Cl. The van der Waals surface area contributed by atoms with Gasteiger partial charge in [-0.1, -0.05) is 101 Å². The van der Waals surface area contributed by atoms with E-state index in [9.17, 15) is 0 Å². The molecule has 0 fully saturated rings. The van der Waals surface area contributed by atoms with E-state index in [-0.39, 0.29) is 0 Å². The molecule has 0 N–H and O–H groups in total. The topological polar surface area (TPSA) is 9.23 Å². The predicted octanol–water partition coefficient (Wildman–Crippen LogP) is 7.83. The summed E-state index contributed by atoms with van der Waals surface area (Å²) in [5, 5.41) is 0. The fourth-order valence-electron chi connectivity index (χ4n) is 2.66. The van der Waals surface area contributed by atoms with Crippen LogP contribution in [-0.2, 0) is 4.74 Å². The first-order valence-corrected chi connectivity index (χ1v) is 9.82. The van der Waals surface area contributed by atoms with Gasteiger partial charge in [0, 0.05) is 0 Å². The van der Waals surface area contributed by atoms with Crippen LogP contribution in [0.25, 0.3) is 0 Å². The van der Waals surface area contributed by atoms with E-state index in [2.05, 4.69) is 27.7 Å². The van der Waals surface area contributed by atoms with Crippen LogP contribution in [0, 0.1) is 5.92 Å². The predicted molar refractivity (Wildman–Crippen MR) is 101 cm³/mol. The molecule has 0 aliphatic carbocycles. The molecular formula is C18H33Cl3O. The van der Waals surface area contributed by atoms with Crippen molar-refractivity contribution in [3.05, 3.63) is 12.3 Å². The molecule has 1 unspecified atom stereocenters. The average molecular weight is 372 g/mol. The lowest BCUT2D eigenvalue weighted by Gasteiger charge is -2.40. The Labute approximate surface area is 152 Å². The van der Waals surface area contributed by atoms with E-state index in [1.807, 2.05) is 6.08 Å². The number of halogens is 3. The summed E-state index contributed by atoms with van der Waals surface area (Å²) < 4.78 is 4.58. The lowest BCUT2D eigenvalue weighted by atomic mass is 9.88. The van der Waals surface area contributed by atoms with E-state index in [4.69, 9.17) is 39.5 Å². The van der Waals surface area contributed by atoms with Gasteiger partial charge in [0.1, 0.15) is 0 Å². The standard InChI is InChI=1S/C18H33Cl3O/c1-5-7-9-10-11-12-13-17(15-16(3)4,18(19,20)21)22-14-8-6-2/h8,14,16H,5-7,9-13,15H2,1-4H3. The highest BCUT2D eigenvalue weighted by atomic mass is 35.6. The molecule has 0 saturated carbocycles. The molecular weight excluding hydrogens is 339 g/mol. The van der Waals surface area contributed by atoms with Crippen LogP contribution in [0.4, 0.5) is 0 Å². The molecule has 0 aromatic heterocycles. The summed E-state index contributed by atoms with van der Waals surface area (Å²) in [5.41, 5.74) is -0.734. The minimum atomic E-state index is -1.42. The minimum absolute atomic E-state index is 0.408. The van der Waals surface area contributed by atoms with E-state index >= 15 is 0 Å². The molecule has 1 atom stereocenters. The molecule has 0 aliphatic rings. The fourth-order valence-corrected chi connectivity index (χ4v) is 3.31. The van der Waals surface area contributed by atoms with E-state index in [1.54, 1.807) is 6.26 Å². The summed E-state index contributed by atoms with van der Waals surface area (Å²) in [6, 6.07) is 0. The van der Waals surface area contributed by atoms with Crippen LogP contribution in [0.1, 0.15) is 85.5 Å². The molecule has 0 radical (unpaired) electrons. The Morgan fingerprint density at radius 2 is 1.55 bits per heavy atom. The summed E-state index contributed by atoms with van der Waals surface area (Å²) in [6.45, 7) is 8.57. The Morgan fingerprint density at radius 3 is 2.05 bits per heavy atom. The Hall–Kier alpha value is 0.410. The van der Waals surface area contributed by atoms with E-state index < -0.39 is 9.39 Å². The first kappa shape index (κ1) is 22.4. The normalized spacial score (nSPS) is 15.5. The zero-order chi connectivity index (χ0) is 17.1. The van der Waals surface area contributed by atoms with Crippen LogP contribution in [-0.4, -0.2) is 9.39 Å². The van der Waals surface area contributed by atoms with Crippen LogP contribution in [0.5, 0.6) is 0 Å². The Morgan fingerprint density at radius 1 is 0.955 bits per heavy atom. The monoisotopic (exact) mass is 370 g/mol. The molecule has 0 heterocycles. The Kier molecular flexibility index (Phi) is 12.1. The van der Waals surface area contributed by atoms with Gasteiger partial charge in [-0.3, -0.25) is 0 Å². The van der Waals surface area contributed by atoms with E-state index in [0.29, 0.717) is 5.92 Å². The van der Waals surface area contributed by atoms with Gasteiger partial charge >= 0.3 is 0 Å². The number of hydrogen-bond donors (Lipinski definition) is 0. The summed E-state index contributed by atoms with van der Waals surface area (Å²) in [5.74, 6) is 0.408. The molecule has 132 valence electrons. The second-order valence-corrected chi connectivity index (χ2v) is 8.79. The van der Waals surface area contributed by atoms with Crippen LogP contribution in [0.15, 0.2) is 12.3 Å².